The molecule has 1 aromatic carbocycles. The minimum Gasteiger partial charge on any atom is -0.463 e. The summed E-state index contributed by atoms with van der Waals surface area (Å²) in [6, 6.07) is 10.1. The molecule has 7 nitrogen and oxygen atoms in total. The SMILES string of the molecule is O=C(N/N=C/c1ccco1)c1n[nH]c(=O)c2ccccc12. The molecule has 0 aliphatic rings. The molecule has 7 heteroatoms. The number of carbonyl (C=O) groups is 1. The number of hydrogen-bond donors (Lipinski definition) is 2. The number of furan rings is 1. The molecule has 0 atom stereocenters. The van der Waals surface area contributed by atoms with Crippen LogP contribution in [0.2, 0.25) is 0 Å². The molecular formula is C14H10N4O3. The lowest BCUT2D eigenvalue weighted by atomic mass is 10.1. The third-order valence-corrected chi connectivity index (χ3v) is 2.81. The van der Waals surface area contributed by atoms with Crippen molar-refractivity contribution in [2.24, 2.45) is 5.10 Å². The Bertz CT molecular complexity index is 865. The summed E-state index contributed by atoms with van der Waals surface area (Å²) in [4.78, 5) is 23.7. The Kier molecular flexibility index (Phi) is 3.30. The fourth-order valence-corrected chi connectivity index (χ4v) is 1.86. The smallest absolute Gasteiger partial charge is 0.292 e. The first-order valence-electron chi connectivity index (χ1n) is 6.10. The molecule has 0 aliphatic carbocycles. The number of H-pyrrole nitrogens is 1. The molecule has 2 aromatic heterocycles. The molecular weight excluding hydrogens is 272 g/mol. The Morgan fingerprint density at radius 3 is 2.81 bits per heavy atom. The van der Waals surface area contributed by atoms with Crippen molar-refractivity contribution < 1.29 is 9.21 Å². The van der Waals surface area contributed by atoms with Gasteiger partial charge in [0.1, 0.15) is 5.76 Å². The molecule has 1 amide bonds. The molecule has 2 heterocycles. The van der Waals surface area contributed by atoms with Gasteiger partial charge in [-0.1, -0.05) is 18.2 Å². The summed E-state index contributed by atoms with van der Waals surface area (Å²) in [5.41, 5.74) is 2.09. The summed E-state index contributed by atoms with van der Waals surface area (Å²) in [5, 5.41) is 10.7. The predicted octanol–water partition coefficient (Wildman–Crippen LogP) is 1.28. The number of aromatic nitrogens is 2. The van der Waals surface area contributed by atoms with E-state index in [9.17, 15) is 9.59 Å². The number of aromatic amines is 1. The van der Waals surface area contributed by atoms with Crippen LogP contribution in [0.1, 0.15) is 16.2 Å². The zero-order valence-corrected chi connectivity index (χ0v) is 10.7. The highest BCUT2D eigenvalue weighted by Gasteiger charge is 2.12. The van der Waals surface area contributed by atoms with E-state index in [2.05, 4.69) is 20.7 Å². The minimum absolute atomic E-state index is 0.0989. The van der Waals surface area contributed by atoms with E-state index in [4.69, 9.17) is 4.42 Å². The van der Waals surface area contributed by atoms with Crippen molar-refractivity contribution in [3.8, 4) is 0 Å². The van der Waals surface area contributed by atoms with Crippen LogP contribution in [0.25, 0.3) is 10.8 Å². The van der Waals surface area contributed by atoms with Crippen molar-refractivity contribution in [2.75, 3.05) is 0 Å². The molecule has 0 unspecified atom stereocenters. The maximum atomic E-state index is 12.1. The molecule has 21 heavy (non-hydrogen) atoms. The van der Waals surface area contributed by atoms with Crippen LogP contribution in [0, 0.1) is 0 Å². The molecule has 2 N–H and O–H groups in total. The van der Waals surface area contributed by atoms with Gasteiger partial charge in [0, 0.05) is 5.39 Å². The maximum absolute atomic E-state index is 12.1. The van der Waals surface area contributed by atoms with Gasteiger partial charge in [0.2, 0.25) is 0 Å². The van der Waals surface area contributed by atoms with E-state index in [0.717, 1.165) is 0 Å². The Morgan fingerprint density at radius 2 is 2.05 bits per heavy atom. The largest absolute Gasteiger partial charge is 0.463 e. The van der Waals surface area contributed by atoms with Crippen molar-refractivity contribution in [2.45, 2.75) is 0 Å². The molecule has 0 spiro atoms. The third-order valence-electron chi connectivity index (χ3n) is 2.81. The van der Waals surface area contributed by atoms with E-state index in [1.165, 1.54) is 12.5 Å². The van der Waals surface area contributed by atoms with Crippen LogP contribution in [0.15, 0.2) is 57.0 Å². The molecule has 0 saturated heterocycles. The number of hydrogen-bond acceptors (Lipinski definition) is 5. The number of rotatable bonds is 3. The molecule has 104 valence electrons. The molecule has 3 aromatic rings. The molecule has 3 rings (SSSR count). The van der Waals surface area contributed by atoms with Gasteiger partial charge in [-0.2, -0.15) is 10.2 Å². The van der Waals surface area contributed by atoms with E-state index in [1.54, 1.807) is 36.4 Å². The second kappa shape index (κ2) is 5.41. The number of hydrazone groups is 1. The van der Waals surface area contributed by atoms with Crippen LogP contribution in [-0.4, -0.2) is 22.3 Å². The van der Waals surface area contributed by atoms with Gasteiger partial charge in [-0.15, -0.1) is 0 Å². The summed E-state index contributed by atoms with van der Waals surface area (Å²) in [6.07, 6.45) is 2.87. The molecule has 0 saturated carbocycles. The van der Waals surface area contributed by atoms with Crippen LogP contribution >= 0.6 is 0 Å². The Hall–Kier alpha value is -3.22. The van der Waals surface area contributed by atoms with Gasteiger partial charge in [-0.05, 0) is 18.2 Å². The normalized spacial score (nSPS) is 11.0. The predicted molar refractivity (Wildman–Crippen MR) is 76.1 cm³/mol. The summed E-state index contributed by atoms with van der Waals surface area (Å²) < 4.78 is 5.04. The maximum Gasteiger partial charge on any atom is 0.292 e. The van der Waals surface area contributed by atoms with Crippen LogP contribution in [0.4, 0.5) is 0 Å². The molecule has 0 fully saturated rings. The highest BCUT2D eigenvalue weighted by atomic mass is 16.3. The number of carbonyl (C=O) groups excluding carboxylic acids is 1. The van der Waals surface area contributed by atoms with Crippen molar-refractivity contribution >= 4 is 22.9 Å². The number of benzene rings is 1. The van der Waals surface area contributed by atoms with E-state index in [0.29, 0.717) is 16.5 Å². The summed E-state index contributed by atoms with van der Waals surface area (Å²) in [6.45, 7) is 0. The minimum atomic E-state index is -0.523. The lowest BCUT2D eigenvalue weighted by Gasteiger charge is -2.02. The summed E-state index contributed by atoms with van der Waals surface area (Å²) in [5.74, 6) is -0.0140. The number of nitrogens with one attached hydrogen (secondary N) is 2. The van der Waals surface area contributed by atoms with Crippen LogP contribution in [-0.2, 0) is 0 Å². The lowest BCUT2D eigenvalue weighted by Crippen LogP contribution is -2.22. The van der Waals surface area contributed by atoms with Gasteiger partial charge in [0.15, 0.2) is 5.69 Å². The molecule has 0 bridgehead atoms. The van der Waals surface area contributed by atoms with E-state index < -0.39 is 5.91 Å². The topological polar surface area (TPSA) is 100 Å². The van der Waals surface area contributed by atoms with E-state index in [-0.39, 0.29) is 11.3 Å². The van der Waals surface area contributed by atoms with E-state index >= 15 is 0 Å². The second-order valence-electron chi connectivity index (χ2n) is 4.16. The zero-order valence-electron chi connectivity index (χ0n) is 10.7. The second-order valence-corrected chi connectivity index (χ2v) is 4.16. The van der Waals surface area contributed by atoms with Gasteiger partial charge in [0.05, 0.1) is 17.9 Å². The highest BCUT2D eigenvalue weighted by molar-refractivity contribution is 6.04. The Morgan fingerprint density at radius 1 is 1.24 bits per heavy atom. The average molecular weight is 282 g/mol. The van der Waals surface area contributed by atoms with Crippen molar-refractivity contribution in [1.82, 2.24) is 15.6 Å². The van der Waals surface area contributed by atoms with E-state index in [1.807, 2.05) is 0 Å². The Balaban J connectivity index is 1.88. The van der Waals surface area contributed by atoms with Crippen molar-refractivity contribution in [1.29, 1.82) is 0 Å². The average Bonchev–Trinajstić information content (AvgIpc) is 3.01. The lowest BCUT2D eigenvalue weighted by molar-refractivity contribution is 0.0951. The quantitative estimate of drug-likeness (QED) is 0.558. The first-order valence-corrected chi connectivity index (χ1v) is 6.10. The van der Waals surface area contributed by atoms with Crippen molar-refractivity contribution in [3.63, 3.8) is 0 Å². The number of amides is 1. The van der Waals surface area contributed by atoms with Gasteiger partial charge in [0.25, 0.3) is 11.5 Å². The van der Waals surface area contributed by atoms with Gasteiger partial charge >= 0.3 is 0 Å². The van der Waals surface area contributed by atoms with Crippen LogP contribution in [0.5, 0.6) is 0 Å². The highest BCUT2D eigenvalue weighted by Crippen LogP contribution is 2.11. The zero-order chi connectivity index (χ0) is 14.7. The monoisotopic (exact) mass is 282 g/mol. The summed E-state index contributed by atoms with van der Waals surface area (Å²) in [7, 11) is 0. The number of nitrogens with zero attached hydrogens (tertiary/aromatic N) is 2. The fourth-order valence-electron chi connectivity index (χ4n) is 1.86. The van der Waals surface area contributed by atoms with Crippen LogP contribution < -0.4 is 11.0 Å². The van der Waals surface area contributed by atoms with Gasteiger partial charge < -0.3 is 4.42 Å². The summed E-state index contributed by atoms with van der Waals surface area (Å²) >= 11 is 0. The third kappa shape index (κ3) is 2.57. The first-order chi connectivity index (χ1) is 10.3. The van der Waals surface area contributed by atoms with Crippen molar-refractivity contribution in [3.05, 3.63) is 64.5 Å². The molecule has 0 aliphatic heterocycles. The van der Waals surface area contributed by atoms with Gasteiger partial charge in [-0.3, -0.25) is 9.59 Å². The Labute approximate surface area is 118 Å². The first kappa shape index (κ1) is 12.8. The van der Waals surface area contributed by atoms with Crippen LogP contribution in [0.3, 0.4) is 0 Å². The fraction of sp³-hybridized carbons (Fsp3) is 0. The molecule has 0 radical (unpaired) electrons. The number of fused-ring (bicyclic) bond motifs is 1. The standard InChI is InChI=1S/C14H10N4O3/c19-13-11-6-2-1-5-10(11)12(16-18-13)14(20)17-15-8-9-4-3-7-21-9/h1-8H,(H,17,20)(H,18,19)/b15-8+. The van der Waals surface area contributed by atoms with Gasteiger partial charge in [-0.25, -0.2) is 10.5 Å².